The summed E-state index contributed by atoms with van der Waals surface area (Å²) in [5.41, 5.74) is 0.0631. The number of hydrogen-bond donors (Lipinski definition) is 2. The van der Waals surface area contributed by atoms with Gasteiger partial charge in [0.15, 0.2) is 11.7 Å². The molecule has 0 saturated heterocycles. The van der Waals surface area contributed by atoms with Crippen LogP contribution < -0.4 is 15.4 Å². The van der Waals surface area contributed by atoms with Gasteiger partial charge in [-0.05, 0) is 18.9 Å². The summed E-state index contributed by atoms with van der Waals surface area (Å²) < 4.78 is 48.1. The van der Waals surface area contributed by atoms with Crippen LogP contribution in [0.4, 0.5) is 13.2 Å². The van der Waals surface area contributed by atoms with Crippen LogP contribution in [-0.4, -0.2) is 35.8 Å². The van der Waals surface area contributed by atoms with Gasteiger partial charge in [0.05, 0.1) is 17.8 Å². The first-order chi connectivity index (χ1) is 13.3. The van der Waals surface area contributed by atoms with E-state index in [1.165, 1.54) is 6.07 Å². The van der Waals surface area contributed by atoms with Gasteiger partial charge in [0.2, 0.25) is 5.88 Å². The van der Waals surface area contributed by atoms with E-state index >= 15 is 0 Å². The molecule has 2 aromatic heterocycles. The molecule has 0 aliphatic rings. The van der Waals surface area contributed by atoms with Crippen molar-refractivity contribution in [2.75, 3.05) is 19.7 Å². The highest BCUT2D eigenvalue weighted by Crippen LogP contribution is 2.29. The molecule has 0 atom stereocenters. The van der Waals surface area contributed by atoms with E-state index in [2.05, 4.69) is 25.8 Å². The Kier molecular flexibility index (Phi) is 7.65. The number of ether oxygens (including phenoxy) is 1. The number of hydrogen-bond acceptors (Lipinski definition) is 5. The third-order valence-corrected chi connectivity index (χ3v) is 3.61. The molecule has 0 unspecified atom stereocenters. The number of nitrogens with one attached hydrogen (secondary N) is 2. The summed E-state index contributed by atoms with van der Waals surface area (Å²) in [7, 11) is 0. The number of alkyl halides is 3. The van der Waals surface area contributed by atoms with Crippen molar-refractivity contribution in [1.29, 1.82) is 0 Å². The molecule has 154 valence electrons. The molecule has 10 heteroatoms. The average molecular weight is 399 g/mol. The highest BCUT2D eigenvalue weighted by molar-refractivity contribution is 5.79. The van der Waals surface area contributed by atoms with Gasteiger partial charge in [0, 0.05) is 24.9 Å². The second kappa shape index (κ2) is 9.95. The van der Waals surface area contributed by atoms with Gasteiger partial charge < -0.3 is 19.9 Å². The van der Waals surface area contributed by atoms with Crippen molar-refractivity contribution in [3.63, 3.8) is 0 Å². The first-order valence-electron chi connectivity index (χ1n) is 8.93. The van der Waals surface area contributed by atoms with Crippen molar-refractivity contribution >= 4 is 5.96 Å². The fourth-order valence-electron chi connectivity index (χ4n) is 2.13. The number of aliphatic imine (C=N–C) groups is 1. The maximum Gasteiger partial charge on any atom is 0.417 e. The van der Waals surface area contributed by atoms with E-state index in [1.807, 2.05) is 26.8 Å². The Bertz CT molecular complexity index is 757. The average Bonchev–Trinajstić information content (AvgIpc) is 3.12. The molecule has 0 fully saturated rings. The lowest BCUT2D eigenvalue weighted by atomic mass is 10.1. The lowest BCUT2D eigenvalue weighted by Gasteiger charge is -2.12. The molecule has 2 rings (SSSR count). The van der Waals surface area contributed by atoms with E-state index in [4.69, 9.17) is 9.26 Å². The van der Waals surface area contributed by atoms with Gasteiger partial charge >= 0.3 is 6.18 Å². The van der Waals surface area contributed by atoms with Crippen LogP contribution in [-0.2, 0) is 12.7 Å². The highest BCUT2D eigenvalue weighted by atomic mass is 19.4. The molecule has 2 N–H and O–H groups in total. The SMILES string of the molecule is CCNC(=NCc1cc(C(C)C)no1)NCCOc1ccc(C(F)(F)F)cn1. The zero-order valence-corrected chi connectivity index (χ0v) is 16.0. The molecule has 0 amide bonds. The van der Waals surface area contributed by atoms with Crippen LogP contribution in [0.3, 0.4) is 0 Å². The minimum Gasteiger partial charge on any atom is -0.476 e. The van der Waals surface area contributed by atoms with E-state index in [9.17, 15) is 13.2 Å². The van der Waals surface area contributed by atoms with Gasteiger partial charge in [-0.1, -0.05) is 19.0 Å². The van der Waals surface area contributed by atoms with E-state index in [-0.39, 0.29) is 18.4 Å². The minimum atomic E-state index is -4.41. The molecule has 7 nitrogen and oxygen atoms in total. The first-order valence-corrected chi connectivity index (χ1v) is 8.93. The Hall–Kier alpha value is -2.78. The maximum atomic E-state index is 12.5. The van der Waals surface area contributed by atoms with Gasteiger partial charge in [-0.15, -0.1) is 0 Å². The largest absolute Gasteiger partial charge is 0.476 e. The highest BCUT2D eigenvalue weighted by Gasteiger charge is 2.30. The normalized spacial score (nSPS) is 12.3. The Morgan fingerprint density at radius 2 is 2.07 bits per heavy atom. The van der Waals surface area contributed by atoms with Gasteiger partial charge in [0.25, 0.3) is 0 Å². The molecule has 0 aromatic carbocycles. The molecule has 0 aliphatic heterocycles. The smallest absolute Gasteiger partial charge is 0.417 e. The molecule has 28 heavy (non-hydrogen) atoms. The Labute approximate surface area is 161 Å². The van der Waals surface area contributed by atoms with Crippen molar-refractivity contribution in [3.8, 4) is 5.88 Å². The quantitative estimate of drug-likeness (QED) is 0.402. The number of aromatic nitrogens is 2. The first kappa shape index (κ1) is 21.5. The van der Waals surface area contributed by atoms with Crippen molar-refractivity contribution in [2.24, 2.45) is 4.99 Å². The van der Waals surface area contributed by atoms with Crippen LogP contribution >= 0.6 is 0 Å². The van der Waals surface area contributed by atoms with Crippen LogP contribution in [0.15, 0.2) is 33.9 Å². The summed E-state index contributed by atoms with van der Waals surface area (Å²) in [5.74, 6) is 1.63. The van der Waals surface area contributed by atoms with E-state index in [1.54, 1.807) is 0 Å². The van der Waals surface area contributed by atoms with E-state index < -0.39 is 11.7 Å². The lowest BCUT2D eigenvalue weighted by Crippen LogP contribution is -2.39. The standard InChI is InChI=1S/C18H24F3N5O2/c1-4-22-17(25-11-14-9-15(12(2)3)26-28-14)23-7-8-27-16-6-5-13(10-24-16)18(19,20)21/h5-6,9-10,12H,4,7-8,11H2,1-3H3,(H2,22,23,25). The maximum absolute atomic E-state index is 12.5. The summed E-state index contributed by atoms with van der Waals surface area (Å²) in [6.45, 7) is 7.59. The molecule has 0 spiro atoms. The Morgan fingerprint density at radius 3 is 2.64 bits per heavy atom. The van der Waals surface area contributed by atoms with E-state index in [0.29, 0.717) is 31.4 Å². The van der Waals surface area contributed by atoms with Crippen LogP contribution in [0.25, 0.3) is 0 Å². The molecular formula is C18H24F3N5O2. The third-order valence-electron chi connectivity index (χ3n) is 3.61. The number of rotatable bonds is 8. The van der Waals surface area contributed by atoms with Crippen molar-refractivity contribution < 1.29 is 22.4 Å². The van der Waals surface area contributed by atoms with Crippen LogP contribution in [0, 0.1) is 0 Å². The molecule has 0 aliphatic carbocycles. The molecule has 2 heterocycles. The summed E-state index contributed by atoms with van der Waals surface area (Å²) in [6.07, 6.45) is -3.67. The van der Waals surface area contributed by atoms with Crippen LogP contribution in [0.1, 0.15) is 43.7 Å². The minimum absolute atomic E-state index is 0.125. The molecule has 2 aromatic rings. The number of pyridine rings is 1. The number of guanidine groups is 1. The Balaban J connectivity index is 1.80. The van der Waals surface area contributed by atoms with Gasteiger partial charge in [-0.2, -0.15) is 13.2 Å². The summed E-state index contributed by atoms with van der Waals surface area (Å²) >= 11 is 0. The zero-order valence-electron chi connectivity index (χ0n) is 16.0. The second-order valence-corrected chi connectivity index (χ2v) is 6.23. The molecular weight excluding hydrogens is 375 g/mol. The second-order valence-electron chi connectivity index (χ2n) is 6.23. The fraction of sp³-hybridized carbons (Fsp3) is 0.500. The predicted molar refractivity (Wildman–Crippen MR) is 98.1 cm³/mol. The van der Waals surface area contributed by atoms with Gasteiger partial charge in [-0.3, -0.25) is 0 Å². The molecule has 0 radical (unpaired) electrons. The van der Waals surface area contributed by atoms with Crippen LogP contribution in [0.2, 0.25) is 0 Å². The van der Waals surface area contributed by atoms with Crippen molar-refractivity contribution in [3.05, 3.63) is 41.4 Å². The van der Waals surface area contributed by atoms with Crippen molar-refractivity contribution in [2.45, 2.75) is 39.4 Å². The molecule has 0 bridgehead atoms. The number of nitrogens with zero attached hydrogens (tertiary/aromatic N) is 3. The van der Waals surface area contributed by atoms with Crippen LogP contribution in [0.5, 0.6) is 5.88 Å². The van der Waals surface area contributed by atoms with Crippen molar-refractivity contribution in [1.82, 2.24) is 20.8 Å². The predicted octanol–water partition coefficient (Wildman–Crippen LogP) is 3.35. The third kappa shape index (κ3) is 6.75. The monoisotopic (exact) mass is 399 g/mol. The summed E-state index contributed by atoms with van der Waals surface area (Å²) in [6, 6.07) is 4.00. The van der Waals surface area contributed by atoms with Gasteiger partial charge in [0.1, 0.15) is 13.2 Å². The van der Waals surface area contributed by atoms with Gasteiger partial charge in [-0.25, -0.2) is 9.98 Å². The summed E-state index contributed by atoms with van der Waals surface area (Å²) in [5, 5.41) is 10.1. The number of halogens is 3. The van der Waals surface area contributed by atoms with E-state index in [0.717, 1.165) is 18.0 Å². The topological polar surface area (TPSA) is 84.6 Å². The zero-order chi connectivity index (χ0) is 20.6. The lowest BCUT2D eigenvalue weighted by molar-refractivity contribution is -0.137. The Morgan fingerprint density at radius 1 is 1.29 bits per heavy atom. The summed E-state index contributed by atoms with van der Waals surface area (Å²) in [4.78, 5) is 8.06. The molecule has 0 saturated carbocycles. The fourth-order valence-corrected chi connectivity index (χ4v) is 2.13.